The van der Waals surface area contributed by atoms with E-state index in [2.05, 4.69) is 38.3 Å². The molecule has 0 aliphatic carbocycles. The summed E-state index contributed by atoms with van der Waals surface area (Å²) in [7, 11) is 3.93. The Balaban J connectivity index is 2.95. The number of hydrogen-bond donors (Lipinski definition) is 2. The molecule has 0 radical (unpaired) electrons. The van der Waals surface area contributed by atoms with Gasteiger partial charge in [0.15, 0.2) is 0 Å². The molecule has 0 spiro atoms. The Morgan fingerprint density at radius 1 is 1.41 bits per heavy atom. The molecule has 3 nitrogen and oxygen atoms in total. The number of nitrogens with one attached hydrogen (secondary N) is 1. The molecule has 0 fully saturated rings. The van der Waals surface area contributed by atoms with Crippen molar-refractivity contribution in [1.82, 2.24) is 5.32 Å². The summed E-state index contributed by atoms with van der Waals surface area (Å²) in [5.74, 6) is 0. The molecular formula is C13H21BrN2O. The summed E-state index contributed by atoms with van der Waals surface area (Å²) in [6, 6.07) is 6.20. The van der Waals surface area contributed by atoms with Crippen LogP contribution in [0.5, 0.6) is 0 Å². The first kappa shape index (κ1) is 14.5. The van der Waals surface area contributed by atoms with E-state index in [1.807, 2.05) is 34.0 Å². The largest absolute Gasteiger partial charge is 0.389 e. The number of benzene rings is 1. The second kappa shape index (κ2) is 5.85. The predicted molar refractivity (Wildman–Crippen MR) is 76.5 cm³/mol. The smallest absolute Gasteiger partial charge is 0.0765 e. The SMILES string of the molecule is CNCc1cc(Br)ccc1N(C)CC(C)(C)O. The molecule has 1 aromatic rings. The number of rotatable bonds is 5. The Labute approximate surface area is 112 Å². The lowest BCUT2D eigenvalue weighted by Gasteiger charge is -2.29. The maximum Gasteiger partial charge on any atom is 0.0765 e. The Bertz CT molecular complexity index is 374. The maximum atomic E-state index is 9.86. The molecule has 0 aliphatic heterocycles. The van der Waals surface area contributed by atoms with E-state index in [0.29, 0.717) is 6.54 Å². The molecule has 0 unspecified atom stereocenters. The first-order valence-electron chi connectivity index (χ1n) is 5.70. The lowest BCUT2D eigenvalue weighted by Crippen LogP contribution is -2.36. The zero-order chi connectivity index (χ0) is 13.1. The summed E-state index contributed by atoms with van der Waals surface area (Å²) in [5.41, 5.74) is 1.66. The Morgan fingerprint density at radius 3 is 2.59 bits per heavy atom. The van der Waals surface area contributed by atoms with Gasteiger partial charge in [-0.1, -0.05) is 15.9 Å². The zero-order valence-electron chi connectivity index (χ0n) is 10.9. The standard InChI is InChI=1S/C13H21BrN2O/c1-13(2,17)9-16(4)12-6-5-11(14)7-10(12)8-15-3/h5-7,15,17H,8-9H2,1-4H3. The molecule has 0 saturated heterocycles. The third kappa shape index (κ3) is 4.66. The molecule has 17 heavy (non-hydrogen) atoms. The van der Waals surface area contributed by atoms with Crippen LogP contribution >= 0.6 is 15.9 Å². The van der Waals surface area contributed by atoms with E-state index >= 15 is 0 Å². The highest BCUT2D eigenvalue weighted by atomic mass is 79.9. The van der Waals surface area contributed by atoms with E-state index < -0.39 is 5.60 Å². The molecule has 1 rings (SSSR count). The van der Waals surface area contributed by atoms with E-state index in [0.717, 1.165) is 16.7 Å². The lowest BCUT2D eigenvalue weighted by molar-refractivity contribution is 0.0886. The number of halogens is 1. The van der Waals surface area contributed by atoms with Crippen molar-refractivity contribution < 1.29 is 5.11 Å². The van der Waals surface area contributed by atoms with Crippen LogP contribution in [0, 0.1) is 0 Å². The van der Waals surface area contributed by atoms with Gasteiger partial charge >= 0.3 is 0 Å². The number of nitrogens with zero attached hydrogens (tertiary/aromatic N) is 1. The van der Waals surface area contributed by atoms with Crippen LogP contribution in [0.1, 0.15) is 19.4 Å². The quantitative estimate of drug-likeness (QED) is 0.876. The molecule has 2 N–H and O–H groups in total. The first-order valence-corrected chi connectivity index (χ1v) is 6.49. The van der Waals surface area contributed by atoms with Crippen molar-refractivity contribution >= 4 is 21.6 Å². The van der Waals surface area contributed by atoms with Crippen LogP contribution < -0.4 is 10.2 Å². The molecule has 0 heterocycles. The first-order chi connectivity index (χ1) is 7.83. The highest BCUT2D eigenvalue weighted by molar-refractivity contribution is 9.10. The van der Waals surface area contributed by atoms with E-state index in [-0.39, 0.29) is 0 Å². The predicted octanol–water partition coefficient (Wildman–Crippen LogP) is 2.38. The van der Waals surface area contributed by atoms with Crippen molar-refractivity contribution in [3.05, 3.63) is 28.2 Å². The van der Waals surface area contributed by atoms with Gasteiger partial charge in [-0.25, -0.2) is 0 Å². The molecule has 0 aromatic heterocycles. The van der Waals surface area contributed by atoms with Gasteiger partial charge in [0.1, 0.15) is 0 Å². The maximum absolute atomic E-state index is 9.86. The molecule has 1 aromatic carbocycles. The van der Waals surface area contributed by atoms with E-state index in [1.165, 1.54) is 5.56 Å². The monoisotopic (exact) mass is 300 g/mol. The second-order valence-corrected chi connectivity index (χ2v) is 5.89. The fourth-order valence-electron chi connectivity index (χ4n) is 1.92. The van der Waals surface area contributed by atoms with Gasteiger partial charge in [0.2, 0.25) is 0 Å². The van der Waals surface area contributed by atoms with Crippen molar-refractivity contribution in [2.75, 3.05) is 25.5 Å². The molecule has 0 saturated carbocycles. The summed E-state index contributed by atoms with van der Waals surface area (Å²) in [4.78, 5) is 2.08. The summed E-state index contributed by atoms with van der Waals surface area (Å²) < 4.78 is 1.07. The van der Waals surface area contributed by atoms with Crippen molar-refractivity contribution in [2.24, 2.45) is 0 Å². The average Bonchev–Trinajstić information content (AvgIpc) is 2.15. The molecule has 96 valence electrons. The van der Waals surface area contributed by atoms with Crippen molar-refractivity contribution in [3.8, 4) is 0 Å². The molecule has 0 bridgehead atoms. The van der Waals surface area contributed by atoms with Crippen LogP contribution in [0.2, 0.25) is 0 Å². The van der Waals surface area contributed by atoms with Gasteiger partial charge in [-0.05, 0) is 44.7 Å². The summed E-state index contributed by atoms with van der Waals surface area (Å²) in [5, 5.41) is 13.0. The second-order valence-electron chi connectivity index (χ2n) is 4.97. The fraction of sp³-hybridized carbons (Fsp3) is 0.538. The Kier molecular flexibility index (Phi) is 4.98. The molecule has 0 atom stereocenters. The summed E-state index contributed by atoms with van der Waals surface area (Å²) in [6.45, 7) is 5.05. The number of aliphatic hydroxyl groups is 1. The average molecular weight is 301 g/mol. The van der Waals surface area contributed by atoms with Crippen LogP contribution in [-0.4, -0.2) is 31.3 Å². The highest BCUT2D eigenvalue weighted by Gasteiger charge is 2.17. The van der Waals surface area contributed by atoms with Gasteiger partial charge in [-0.2, -0.15) is 0 Å². The third-order valence-corrected chi connectivity index (χ3v) is 2.94. The van der Waals surface area contributed by atoms with Gasteiger partial charge in [0, 0.05) is 30.3 Å². The van der Waals surface area contributed by atoms with Gasteiger partial charge < -0.3 is 15.3 Å². The third-order valence-electron chi connectivity index (χ3n) is 2.44. The molecule has 4 heteroatoms. The minimum Gasteiger partial charge on any atom is -0.389 e. The number of anilines is 1. The minimum absolute atomic E-state index is 0.603. The Morgan fingerprint density at radius 2 is 2.06 bits per heavy atom. The van der Waals surface area contributed by atoms with Crippen molar-refractivity contribution in [2.45, 2.75) is 26.0 Å². The number of hydrogen-bond acceptors (Lipinski definition) is 3. The van der Waals surface area contributed by atoms with E-state index in [9.17, 15) is 5.11 Å². The van der Waals surface area contributed by atoms with Crippen molar-refractivity contribution in [1.29, 1.82) is 0 Å². The lowest BCUT2D eigenvalue weighted by atomic mass is 10.1. The van der Waals surface area contributed by atoms with E-state index in [4.69, 9.17) is 0 Å². The highest BCUT2D eigenvalue weighted by Crippen LogP contribution is 2.24. The van der Waals surface area contributed by atoms with Crippen LogP contribution in [-0.2, 0) is 6.54 Å². The van der Waals surface area contributed by atoms with Gasteiger partial charge in [-0.15, -0.1) is 0 Å². The van der Waals surface area contributed by atoms with Crippen LogP contribution in [0.25, 0.3) is 0 Å². The Hall–Kier alpha value is -0.580. The summed E-state index contributed by atoms with van der Waals surface area (Å²) >= 11 is 3.48. The molecule has 0 aliphatic rings. The van der Waals surface area contributed by atoms with E-state index in [1.54, 1.807) is 0 Å². The topological polar surface area (TPSA) is 35.5 Å². The van der Waals surface area contributed by atoms with Gasteiger partial charge in [-0.3, -0.25) is 0 Å². The van der Waals surface area contributed by atoms with Crippen LogP contribution in [0.3, 0.4) is 0 Å². The molecule has 0 amide bonds. The van der Waals surface area contributed by atoms with Gasteiger partial charge in [0.05, 0.1) is 5.60 Å². The number of likely N-dealkylation sites (N-methyl/N-ethyl adjacent to an activating group) is 1. The molecular weight excluding hydrogens is 280 g/mol. The minimum atomic E-state index is -0.696. The van der Waals surface area contributed by atoms with Crippen LogP contribution in [0.4, 0.5) is 5.69 Å². The van der Waals surface area contributed by atoms with Gasteiger partial charge in [0.25, 0.3) is 0 Å². The van der Waals surface area contributed by atoms with Crippen LogP contribution in [0.15, 0.2) is 22.7 Å². The summed E-state index contributed by atoms with van der Waals surface area (Å²) in [6.07, 6.45) is 0. The normalized spacial score (nSPS) is 11.6. The zero-order valence-corrected chi connectivity index (χ0v) is 12.5. The fourth-order valence-corrected chi connectivity index (χ4v) is 2.33. The van der Waals surface area contributed by atoms with Crippen molar-refractivity contribution in [3.63, 3.8) is 0 Å².